The van der Waals surface area contributed by atoms with Crippen LogP contribution in [0.4, 0.5) is 32.0 Å². The summed E-state index contributed by atoms with van der Waals surface area (Å²) in [4.78, 5) is 13.1. The molecule has 2 aromatic heterocycles. The van der Waals surface area contributed by atoms with E-state index < -0.39 is 35.1 Å². The average Bonchev–Trinajstić information content (AvgIpc) is 3.29. The minimum Gasteiger partial charge on any atom is -0.504 e. The van der Waals surface area contributed by atoms with Crippen LogP contribution in [0.2, 0.25) is 0 Å². The molecule has 2 heterocycles. The summed E-state index contributed by atoms with van der Waals surface area (Å²) >= 11 is 0. The molecule has 0 saturated heterocycles. The summed E-state index contributed by atoms with van der Waals surface area (Å²) in [5, 5.41) is 12.3. The molecule has 1 amide bonds. The first-order valence-electron chi connectivity index (χ1n) is 9.22. The fraction of sp³-hybridized carbons (Fsp3) is 0.136. The maximum atomic E-state index is 13.2. The van der Waals surface area contributed by atoms with E-state index in [0.717, 1.165) is 36.4 Å². The Kier molecular flexibility index (Phi) is 5.14. The Morgan fingerprint density at radius 2 is 1.64 bits per heavy atom. The van der Waals surface area contributed by atoms with Crippen molar-refractivity contribution in [1.82, 2.24) is 0 Å². The highest BCUT2D eigenvalue weighted by Gasteiger charge is 2.34. The van der Waals surface area contributed by atoms with Crippen LogP contribution in [0, 0.1) is 0 Å². The van der Waals surface area contributed by atoms with E-state index in [0.29, 0.717) is 6.07 Å². The number of amides is 1. The molecule has 0 saturated carbocycles. The maximum Gasteiger partial charge on any atom is 0.416 e. The molecule has 4 rings (SSSR count). The molecular formula is C22H13F6NO4. The first kappa shape index (κ1) is 22.3. The van der Waals surface area contributed by atoms with Gasteiger partial charge in [-0.25, -0.2) is 0 Å². The second-order valence-corrected chi connectivity index (χ2v) is 7.02. The topological polar surface area (TPSA) is 71.7 Å². The molecule has 0 fully saturated rings. The molecule has 0 unspecified atom stereocenters. The van der Waals surface area contributed by atoms with Gasteiger partial charge in [-0.15, -0.1) is 0 Å². The number of benzene rings is 3. The number of alkyl halides is 6. The van der Waals surface area contributed by atoms with Crippen LogP contribution in [0.15, 0.2) is 52.9 Å². The molecule has 0 spiro atoms. The fourth-order valence-electron chi connectivity index (χ4n) is 3.44. The number of furan rings is 2. The lowest BCUT2D eigenvalue weighted by Crippen LogP contribution is -2.15. The van der Waals surface area contributed by atoms with Crippen molar-refractivity contribution >= 4 is 22.8 Å². The Bertz CT molecular complexity index is 1340. The fourth-order valence-corrected chi connectivity index (χ4v) is 3.44. The molecule has 5 nitrogen and oxygen atoms in total. The number of ether oxygens (including phenoxy) is 1. The van der Waals surface area contributed by atoms with Crippen LogP contribution >= 0.6 is 0 Å². The molecule has 33 heavy (non-hydrogen) atoms. The van der Waals surface area contributed by atoms with Gasteiger partial charge in [0.2, 0.25) is 0 Å². The van der Waals surface area contributed by atoms with Crippen LogP contribution in [0.1, 0.15) is 21.5 Å². The number of phenolic OH excluding ortho intramolecular Hbond substituents is 1. The largest absolute Gasteiger partial charge is 0.504 e. The summed E-state index contributed by atoms with van der Waals surface area (Å²) in [5.41, 5.74) is -3.19. The van der Waals surface area contributed by atoms with Crippen molar-refractivity contribution in [1.29, 1.82) is 0 Å². The summed E-state index contributed by atoms with van der Waals surface area (Å²) in [6.07, 6.45) is -9.36. The second kappa shape index (κ2) is 7.61. The van der Waals surface area contributed by atoms with Gasteiger partial charge in [0.05, 0.1) is 29.5 Å². The molecule has 0 aliphatic rings. The number of rotatable bonds is 4. The highest BCUT2D eigenvalue weighted by atomic mass is 19.4. The number of methoxy groups -OCH3 is 1. The zero-order valence-electron chi connectivity index (χ0n) is 16.6. The van der Waals surface area contributed by atoms with Crippen molar-refractivity contribution in [3.05, 3.63) is 65.2 Å². The third-order valence-corrected chi connectivity index (χ3v) is 4.92. The lowest BCUT2D eigenvalue weighted by Gasteiger charge is -2.14. The predicted octanol–water partition coefficient (Wildman–Crippen LogP) is 6.54. The SMILES string of the molecule is COc1ccc(C(F)(F)F)cc1NC(=O)c1c(-c2cccc(C(F)(F)F)c2)c2oc1cc2O. The summed E-state index contributed by atoms with van der Waals surface area (Å²) in [6, 6.07) is 7.56. The molecule has 2 aromatic carbocycles. The van der Waals surface area contributed by atoms with Crippen LogP contribution in [0.3, 0.4) is 0 Å². The summed E-state index contributed by atoms with van der Waals surface area (Å²) in [6.45, 7) is 0. The van der Waals surface area contributed by atoms with E-state index in [4.69, 9.17) is 9.15 Å². The second-order valence-electron chi connectivity index (χ2n) is 7.02. The normalized spacial score (nSPS) is 12.3. The lowest BCUT2D eigenvalue weighted by molar-refractivity contribution is -0.138. The molecule has 4 aromatic rings. The molecule has 0 radical (unpaired) electrons. The van der Waals surface area contributed by atoms with E-state index in [1.54, 1.807) is 0 Å². The van der Waals surface area contributed by atoms with Crippen LogP contribution < -0.4 is 10.1 Å². The van der Waals surface area contributed by atoms with E-state index in [1.165, 1.54) is 13.2 Å². The van der Waals surface area contributed by atoms with E-state index >= 15 is 0 Å². The van der Waals surface area contributed by atoms with E-state index in [9.17, 15) is 36.2 Å². The highest BCUT2D eigenvalue weighted by Crippen LogP contribution is 2.44. The van der Waals surface area contributed by atoms with Crippen molar-refractivity contribution in [2.24, 2.45) is 0 Å². The minimum atomic E-state index is -4.69. The number of aromatic hydroxyl groups is 1. The predicted molar refractivity (Wildman–Crippen MR) is 105 cm³/mol. The molecule has 172 valence electrons. The number of carbonyl (C=O) groups is 1. The van der Waals surface area contributed by atoms with Crippen molar-refractivity contribution in [2.75, 3.05) is 12.4 Å². The van der Waals surface area contributed by atoms with Gasteiger partial charge in [-0.3, -0.25) is 4.79 Å². The van der Waals surface area contributed by atoms with E-state index in [-0.39, 0.29) is 39.3 Å². The zero-order valence-corrected chi connectivity index (χ0v) is 16.6. The van der Waals surface area contributed by atoms with Gasteiger partial charge < -0.3 is 19.6 Å². The molecule has 0 aliphatic heterocycles. The van der Waals surface area contributed by atoms with Gasteiger partial charge in [-0.2, -0.15) is 26.3 Å². The Hall–Kier alpha value is -3.89. The van der Waals surface area contributed by atoms with Crippen molar-refractivity contribution < 1.29 is 45.4 Å². The Balaban J connectivity index is 1.81. The Morgan fingerprint density at radius 3 is 2.27 bits per heavy atom. The quantitative estimate of drug-likeness (QED) is 0.333. The Morgan fingerprint density at radius 1 is 0.970 bits per heavy atom. The number of carbonyl (C=O) groups excluding carboxylic acids is 1. The molecule has 0 atom stereocenters. The van der Waals surface area contributed by atoms with Crippen LogP contribution in [0.5, 0.6) is 11.5 Å². The van der Waals surface area contributed by atoms with Gasteiger partial charge in [0.15, 0.2) is 11.3 Å². The van der Waals surface area contributed by atoms with Crippen LogP contribution in [0.25, 0.3) is 22.3 Å². The number of hydrogen-bond donors (Lipinski definition) is 2. The van der Waals surface area contributed by atoms with Crippen LogP contribution in [-0.2, 0) is 12.4 Å². The van der Waals surface area contributed by atoms with Gasteiger partial charge in [-0.1, -0.05) is 12.1 Å². The third-order valence-electron chi connectivity index (χ3n) is 4.92. The van der Waals surface area contributed by atoms with Gasteiger partial charge in [-0.05, 0) is 35.9 Å². The molecular weight excluding hydrogens is 456 g/mol. The summed E-state index contributed by atoms with van der Waals surface area (Å²) < 4.78 is 89.2. The van der Waals surface area contributed by atoms with E-state index in [2.05, 4.69) is 5.32 Å². The van der Waals surface area contributed by atoms with Crippen LogP contribution in [-0.4, -0.2) is 18.1 Å². The van der Waals surface area contributed by atoms with Gasteiger partial charge in [0.25, 0.3) is 5.91 Å². The first-order chi connectivity index (χ1) is 15.4. The number of nitrogens with one attached hydrogen (secondary N) is 1. The van der Waals surface area contributed by atoms with Gasteiger partial charge in [0, 0.05) is 11.6 Å². The molecule has 11 heteroatoms. The van der Waals surface area contributed by atoms with E-state index in [1.807, 2.05) is 0 Å². The van der Waals surface area contributed by atoms with Crippen molar-refractivity contribution in [2.45, 2.75) is 12.4 Å². The smallest absolute Gasteiger partial charge is 0.416 e. The van der Waals surface area contributed by atoms with Crippen molar-refractivity contribution in [3.8, 4) is 22.6 Å². The Labute approximate surface area is 181 Å². The lowest BCUT2D eigenvalue weighted by atomic mass is 9.97. The maximum absolute atomic E-state index is 13.2. The zero-order chi connectivity index (χ0) is 24.1. The number of hydrogen-bond acceptors (Lipinski definition) is 4. The van der Waals surface area contributed by atoms with Crippen molar-refractivity contribution in [3.63, 3.8) is 0 Å². The number of phenols is 1. The molecule has 2 bridgehead atoms. The number of anilines is 1. The highest BCUT2D eigenvalue weighted by molar-refractivity contribution is 6.18. The molecule has 2 N–H and O–H groups in total. The molecule has 0 aliphatic carbocycles. The number of fused-ring (bicyclic) bond motifs is 2. The standard InChI is InChI=1S/C22H13F6NO4/c1-32-15-6-5-12(22(26,27)28)8-13(15)29-20(31)18-16-9-14(30)19(33-16)17(18)10-3-2-4-11(7-10)21(23,24)25/h2-9,30H,1H3,(H,29,31). The summed E-state index contributed by atoms with van der Waals surface area (Å²) in [7, 11) is 1.19. The van der Waals surface area contributed by atoms with Gasteiger partial charge >= 0.3 is 12.4 Å². The van der Waals surface area contributed by atoms with Gasteiger partial charge in [0.1, 0.15) is 11.3 Å². The average molecular weight is 469 g/mol. The first-order valence-corrected chi connectivity index (χ1v) is 9.22. The minimum absolute atomic E-state index is 0.0716. The summed E-state index contributed by atoms with van der Waals surface area (Å²) in [5.74, 6) is -1.43. The third kappa shape index (κ3) is 4.01. The number of halogens is 6. The monoisotopic (exact) mass is 469 g/mol.